The van der Waals surface area contributed by atoms with Gasteiger partial charge in [0, 0.05) is 6.42 Å². The van der Waals surface area contributed by atoms with E-state index in [2.05, 4.69) is 12.2 Å². The minimum Gasteiger partial charge on any atom is -0.501 e. The molecule has 12 heavy (non-hydrogen) atoms. The molecule has 0 radical (unpaired) electrons. The maximum atomic E-state index is 10.9. The molecular formula is C8H9ClO2S. The van der Waals surface area contributed by atoms with E-state index in [9.17, 15) is 4.79 Å². The molecule has 0 aromatic carbocycles. The monoisotopic (exact) mass is 204 g/mol. The number of rotatable bonds is 2. The van der Waals surface area contributed by atoms with Gasteiger partial charge in [-0.1, -0.05) is 0 Å². The Hall–Kier alpha value is -0.410. The fourth-order valence-corrected chi connectivity index (χ4v) is 1.50. The van der Waals surface area contributed by atoms with Crippen LogP contribution in [-0.4, -0.2) is 21.3 Å². The van der Waals surface area contributed by atoms with Crippen molar-refractivity contribution in [3.05, 3.63) is 11.6 Å². The zero-order valence-electron chi connectivity index (χ0n) is 6.42. The molecule has 1 rings (SSSR count). The van der Waals surface area contributed by atoms with Gasteiger partial charge < -0.3 is 5.11 Å². The summed E-state index contributed by atoms with van der Waals surface area (Å²) in [6.45, 7) is 0. The van der Waals surface area contributed by atoms with Crippen molar-refractivity contribution in [2.75, 3.05) is 0 Å². The maximum absolute atomic E-state index is 10.9. The molecule has 0 aliphatic heterocycles. The van der Waals surface area contributed by atoms with Crippen LogP contribution in [0.4, 0.5) is 0 Å². The number of aliphatic hydroxyl groups is 1. The lowest BCUT2D eigenvalue weighted by Crippen LogP contribution is -2.17. The Morgan fingerprint density at radius 2 is 2.33 bits per heavy atom. The van der Waals surface area contributed by atoms with E-state index >= 15 is 0 Å². The predicted molar refractivity (Wildman–Crippen MR) is 51.8 cm³/mol. The number of thiocarbonyl (C=S) groups is 1. The Labute approximate surface area is 81.2 Å². The summed E-state index contributed by atoms with van der Waals surface area (Å²) in [7, 11) is 0. The smallest absolute Gasteiger partial charge is 0.179 e. The van der Waals surface area contributed by atoms with Crippen molar-refractivity contribution in [2.24, 2.45) is 0 Å². The first kappa shape index (κ1) is 9.68. The molecule has 0 aromatic heterocycles. The van der Waals surface area contributed by atoms with Crippen molar-refractivity contribution < 1.29 is 9.90 Å². The molecule has 2 nitrogen and oxygen atoms in total. The van der Waals surface area contributed by atoms with E-state index < -0.39 is 5.38 Å². The van der Waals surface area contributed by atoms with Crippen molar-refractivity contribution in [3.8, 4) is 0 Å². The highest BCUT2D eigenvalue weighted by molar-refractivity contribution is 7.80. The van der Waals surface area contributed by atoms with Crippen molar-refractivity contribution in [1.82, 2.24) is 0 Å². The van der Waals surface area contributed by atoms with E-state index in [0.29, 0.717) is 6.42 Å². The van der Waals surface area contributed by atoms with Crippen molar-refractivity contribution in [3.63, 3.8) is 0 Å². The second-order valence-corrected chi connectivity index (χ2v) is 3.59. The molecule has 0 aromatic rings. The zero-order valence-corrected chi connectivity index (χ0v) is 7.99. The summed E-state index contributed by atoms with van der Waals surface area (Å²) in [5.74, 6) is 0.0677. The van der Waals surface area contributed by atoms with Crippen LogP contribution in [0.2, 0.25) is 0 Å². The molecule has 0 heterocycles. The van der Waals surface area contributed by atoms with E-state index in [-0.39, 0.29) is 10.8 Å². The van der Waals surface area contributed by atoms with Crippen LogP contribution in [0.25, 0.3) is 0 Å². The van der Waals surface area contributed by atoms with E-state index in [0.717, 1.165) is 18.4 Å². The third-order valence-electron chi connectivity index (χ3n) is 1.78. The van der Waals surface area contributed by atoms with Gasteiger partial charge in [-0.25, -0.2) is 0 Å². The van der Waals surface area contributed by atoms with Crippen LogP contribution >= 0.6 is 23.8 Å². The first-order chi connectivity index (χ1) is 5.61. The summed E-state index contributed by atoms with van der Waals surface area (Å²) in [5.41, 5.74) is 0.736. The average molecular weight is 205 g/mol. The summed E-state index contributed by atoms with van der Waals surface area (Å²) in [6.07, 6.45) is 3.62. The Bertz CT molecular complexity index is 247. The number of carbonyl (C=O) groups is 1. The van der Waals surface area contributed by atoms with Crippen LogP contribution in [0.5, 0.6) is 0 Å². The van der Waals surface area contributed by atoms with Crippen LogP contribution in [0.1, 0.15) is 19.3 Å². The van der Waals surface area contributed by atoms with Gasteiger partial charge in [0.2, 0.25) is 0 Å². The maximum Gasteiger partial charge on any atom is 0.179 e. The summed E-state index contributed by atoms with van der Waals surface area (Å²) in [4.78, 5) is 10.9. The molecule has 0 spiro atoms. The normalized spacial score (nSPS) is 20.1. The highest BCUT2D eigenvalue weighted by Gasteiger charge is 2.19. The van der Waals surface area contributed by atoms with Crippen LogP contribution in [-0.2, 0) is 4.79 Å². The van der Waals surface area contributed by atoms with E-state index in [1.165, 1.54) is 6.08 Å². The van der Waals surface area contributed by atoms with Crippen molar-refractivity contribution in [2.45, 2.75) is 24.6 Å². The first-order valence-corrected chi connectivity index (χ1v) is 4.56. The van der Waals surface area contributed by atoms with Crippen LogP contribution in [0.15, 0.2) is 11.6 Å². The fraction of sp³-hybridized carbons (Fsp3) is 0.500. The van der Waals surface area contributed by atoms with Gasteiger partial charge in [-0.3, -0.25) is 4.79 Å². The lowest BCUT2D eigenvalue weighted by Gasteiger charge is -2.14. The van der Waals surface area contributed by atoms with Gasteiger partial charge in [0.15, 0.2) is 10.8 Å². The largest absolute Gasteiger partial charge is 0.501 e. The van der Waals surface area contributed by atoms with Crippen molar-refractivity contribution in [1.29, 1.82) is 0 Å². The van der Waals surface area contributed by atoms with Gasteiger partial charge in [-0.05, 0) is 36.7 Å². The topological polar surface area (TPSA) is 37.3 Å². The second kappa shape index (κ2) is 4.01. The lowest BCUT2D eigenvalue weighted by atomic mass is 9.96. The Morgan fingerprint density at radius 3 is 2.83 bits per heavy atom. The van der Waals surface area contributed by atoms with E-state index in [4.69, 9.17) is 16.7 Å². The minimum absolute atomic E-state index is 0.0677. The molecule has 1 unspecified atom stereocenters. The van der Waals surface area contributed by atoms with Gasteiger partial charge in [0.1, 0.15) is 5.38 Å². The third kappa shape index (κ3) is 2.29. The molecule has 0 fully saturated rings. The van der Waals surface area contributed by atoms with Gasteiger partial charge in [0.25, 0.3) is 0 Å². The summed E-state index contributed by atoms with van der Waals surface area (Å²) in [6, 6.07) is 0. The molecule has 66 valence electrons. The van der Waals surface area contributed by atoms with Gasteiger partial charge >= 0.3 is 0 Å². The van der Waals surface area contributed by atoms with Crippen LogP contribution in [0.3, 0.4) is 0 Å². The fourth-order valence-electron chi connectivity index (χ4n) is 1.18. The molecular weight excluding hydrogens is 196 g/mol. The third-order valence-corrected chi connectivity index (χ3v) is 2.63. The second-order valence-electron chi connectivity index (χ2n) is 2.74. The van der Waals surface area contributed by atoms with E-state index in [1.54, 1.807) is 0 Å². The van der Waals surface area contributed by atoms with Crippen molar-refractivity contribution >= 4 is 34.7 Å². The van der Waals surface area contributed by atoms with Crippen LogP contribution < -0.4 is 0 Å². The standard InChI is InChI=1S/C8H9ClO2S/c9-7(8(11)12)5-2-1-3-6(10)4-5/h4,7H,1-3H2,(H,11,12). The molecule has 1 aliphatic rings. The number of halogens is 1. The number of hydrogen-bond donors (Lipinski definition) is 1. The summed E-state index contributed by atoms with van der Waals surface area (Å²) in [5, 5.41) is 7.99. The molecule has 0 bridgehead atoms. The lowest BCUT2D eigenvalue weighted by molar-refractivity contribution is -0.115. The van der Waals surface area contributed by atoms with Gasteiger partial charge in [0.05, 0.1) is 0 Å². The summed E-state index contributed by atoms with van der Waals surface area (Å²) < 4.78 is 0. The minimum atomic E-state index is -0.663. The van der Waals surface area contributed by atoms with E-state index in [1.807, 2.05) is 0 Å². The number of aliphatic hydroxyl groups excluding tert-OH is 1. The first-order valence-electron chi connectivity index (χ1n) is 3.71. The Kier molecular flexibility index (Phi) is 3.23. The number of ketones is 1. The average Bonchev–Trinajstić information content (AvgIpc) is 2.03. The zero-order chi connectivity index (χ0) is 9.14. The quantitative estimate of drug-likeness (QED) is 0.553. The Balaban J connectivity index is 2.73. The summed E-state index contributed by atoms with van der Waals surface area (Å²) >= 11 is 10.3. The molecule has 1 aliphatic carbocycles. The Morgan fingerprint density at radius 1 is 1.67 bits per heavy atom. The highest BCUT2D eigenvalue weighted by Crippen LogP contribution is 2.22. The number of allylic oxidation sites excluding steroid dienone is 1. The predicted octanol–water partition coefficient (Wildman–Crippen LogP) is 2.16. The molecule has 0 saturated carbocycles. The SMILES string of the molecule is O=C1C=C(C(Cl)C(O)=S)CCC1. The molecule has 0 amide bonds. The number of hydrogen-bond acceptors (Lipinski definition) is 2. The number of alkyl halides is 1. The molecule has 1 N–H and O–H groups in total. The molecule has 1 atom stereocenters. The van der Waals surface area contributed by atoms with Gasteiger partial charge in [-0.2, -0.15) is 0 Å². The van der Waals surface area contributed by atoms with Crippen LogP contribution in [0, 0.1) is 0 Å². The molecule has 4 heteroatoms. The highest BCUT2D eigenvalue weighted by atomic mass is 35.5. The molecule has 0 saturated heterocycles. The van der Waals surface area contributed by atoms with Gasteiger partial charge in [-0.15, -0.1) is 11.6 Å². The number of carbonyl (C=O) groups excluding carboxylic acids is 1.